The summed E-state index contributed by atoms with van der Waals surface area (Å²) in [6.07, 6.45) is 1.78. The number of aromatic nitrogens is 3. The molecule has 1 aromatic heterocycles. The third-order valence-corrected chi connectivity index (χ3v) is 5.04. The first-order chi connectivity index (χ1) is 13.2. The summed E-state index contributed by atoms with van der Waals surface area (Å²) in [4.78, 5) is 2.40. The molecule has 1 unspecified atom stereocenters. The van der Waals surface area contributed by atoms with Crippen molar-refractivity contribution in [1.29, 1.82) is 0 Å². The quantitative estimate of drug-likeness (QED) is 0.755. The van der Waals surface area contributed by atoms with Gasteiger partial charge in [0.05, 0.1) is 12.6 Å². The van der Waals surface area contributed by atoms with Crippen LogP contribution >= 0.6 is 0 Å². The van der Waals surface area contributed by atoms with Gasteiger partial charge in [0, 0.05) is 25.7 Å². The monoisotopic (exact) mass is 365 g/mol. The third kappa shape index (κ3) is 4.07. The molecule has 1 aliphatic rings. The zero-order valence-corrected chi connectivity index (χ0v) is 15.4. The zero-order valence-electron chi connectivity index (χ0n) is 15.4. The van der Waals surface area contributed by atoms with Crippen LogP contribution in [0.3, 0.4) is 0 Å². The Morgan fingerprint density at radius 1 is 1.15 bits per heavy atom. The molecule has 0 spiro atoms. The van der Waals surface area contributed by atoms with Crippen molar-refractivity contribution >= 4 is 0 Å². The maximum absolute atomic E-state index is 13.5. The van der Waals surface area contributed by atoms with Gasteiger partial charge in [0.1, 0.15) is 12.1 Å². The molecule has 1 fully saturated rings. The number of nitrogens with zero attached hydrogens (tertiary/aromatic N) is 4. The van der Waals surface area contributed by atoms with E-state index in [0.29, 0.717) is 12.6 Å². The second kappa shape index (κ2) is 7.98. The van der Waals surface area contributed by atoms with Crippen LogP contribution in [0.5, 0.6) is 0 Å². The van der Waals surface area contributed by atoms with Gasteiger partial charge in [0.2, 0.25) is 0 Å². The summed E-state index contributed by atoms with van der Waals surface area (Å²) in [5, 5.41) is 12.1. The standard InChI is InChI=1S/C21H24FN5/c1-16-13-26(12-11-23-16)20(18-7-9-19(22)10-8-18)21-25-24-15-27(21)14-17-5-3-2-4-6-17/h2-10,15-16,20,23H,11-14H2,1H3/t16-,20?/m1/s1. The molecule has 2 atom stereocenters. The van der Waals surface area contributed by atoms with Gasteiger partial charge in [-0.15, -0.1) is 10.2 Å². The second-order valence-corrected chi connectivity index (χ2v) is 7.11. The molecular formula is C21H24FN5. The van der Waals surface area contributed by atoms with E-state index in [0.717, 1.165) is 31.0 Å². The molecule has 2 aromatic carbocycles. The molecule has 3 aromatic rings. The SMILES string of the molecule is C[C@@H]1CN(C(c2ccc(F)cc2)c2nncn2Cc2ccccc2)CCN1. The fourth-order valence-electron chi connectivity index (χ4n) is 3.74. The summed E-state index contributed by atoms with van der Waals surface area (Å²) in [6.45, 7) is 5.63. The van der Waals surface area contributed by atoms with Crippen LogP contribution in [-0.2, 0) is 6.54 Å². The lowest BCUT2D eigenvalue weighted by atomic mass is 10.0. The second-order valence-electron chi connectivity index (χ2n) is 7.11. The number of benzene rings is 2. The van der Waals surface area contributed by atoms with Gasteiger partial charge in [-0.25, -0.2) is 4.39 Å². The lowest BCUT2D eigenvalue weighted by Gasteiger charge is -2.37. The highest BCUT2D eigenvalue weighted by Gasteiger charge is 2.30. The van der Waals surface area contributed by atoms with Crippen LogP contribution in [0.2, 0.25) is 0 Å². The molecule has 4 rings (SSSR count). The van der Waals surface area contributed by atoms with Gasteiger partial charge >= 0.3 is 0 Å². The molecule has 1 aliphatic heterocycles. The topological polar surface area (TPSA) is 46.0 Å². The van der Waals surface area contributed by atoms with Gasteiger partial charge in [0.25, 0.3) is 0 Å². The van der Waals surface area contributed by atoms with Crippen molar-refractivity contribution in [2.75, 3.05) is 19.6 Å². The number of halogens is 1. The molecule has 6 heteroatoms. The molecule has 5 nitrogen and oxygen atoms in total. The summed E-state index contributed by atoms with van der Waals surface area (Å²) >= 11 is 0. The minimum atomic E-state index is -0.225. The Morgan fingerprint density at radius 3 is 2.67 bits per heavy atom. The summed E-state index contributed by atoms with van der Waals surface area (Å²) in [6, 6.07) is 17.4. The maximum Gasteiger partial charge on any atom is 0.155 e. The molecule has 0 bridgehead atoms. The predicted octanol–water partition coefficient (Wildman–Crippen LogP) is 2.85. The summed E-state index contributed by atoms with van der Waals surface area (Å²) in [5.74, 6) is 0.663. The molecule has 0 amide bonds. The van der Waals surface area contributed by atoms with Crippen molar-refractivity contribution in [3.63, 3.8) is 0 Å². The first-order valence-corrected chi connectivity index (χ1v) is 9.35. The fraction of sp³-hybridized carbons (Fsp3) is 0.333. The van der Waals surface area contributed by atoms with Gasteiger partial charge in [-0.1, -0.05) is 42.5 Å². The van der Waals surface area contributed by atoms with E-state index in [1.54, 1.807) is 6.33 Å². The Morgan fingerprint density at radius 2 is 1.93 bits per heavy atom. The van der Waals surface area contributed by atoms with E-state index in [2.05, 4.69) is 44.0 Å². The highest BCUT2D eigenvalue weighted by atomic mass is 19.1. The highest BCUT2D eigenvalue weighted by Crippen LogP contribution is 2.29. The Kier molecular flexibility index (Phi) is 5.27. The minimum Gasteiger partial charge on any atom is -0.312 e. The lowest BCUT2D eigenvalue weighted by molar-refractivity contribution is 0.162. The molecule has 1 saturated heterocycles. The van der Waals surface area contributed by atoms with E-state index in [-0.39, 0.29) is 11.9 Å². The lowest BCUT2D eigenvalue weighted by Crippen LogP contribution is -2.50. The summed E-state index contributed by atoms with van der Waals surface area (Å²) < 4.78 is 15.6. The minimum absolute atomic E-state index is 0.0543. The fourth-order valence-corrected chi connectivity index (χ4v) is 3.74. The van der Waals surface area contributed by atoms with E-state index >= 15 is 0 Å². The Balaban J connectivity index is 1.70. The average Bonchev–Trinajstić information content (AvgIpc) is 3.12. The third-order valence-electron chi connectivity index (χ3n) is 5.04. The zero-order chi connectivity index (χ0) is 18.6. The van der Waals surface area contributed by atoms with Crippen LogP contribution in [0.25, 0.3) is 0 Å². The van der Waals surface area contributed by atoms with Crippen molar-refractivity contribution in [3.05, 3.63) is 83.7 Å². The van der Waals surface area contributed by atoms with Crippen LogP contribution in [-0.4, -0.2) is 45.3 Å². The van der Waals surface area contributed by atoms with E-state index in [1.165, 1.54) is 17.7 Å². The van der Waals surface area contributed by atoms with Gasteiger partial charge < -0.3 is 9.88 Å². The van der Waals surface area contributed by atoms with Crippen molar-refractivity contribution in [2.24, 2.45) is 0 Å². The Labute approximate surface area is 158 Å². The van der Waals surface area contributed by atoms with E-state index in [9.17, 15) is 4.39 Å². The molecular weight excluding hydrogens is 341 g/mol. The van der Waals surface area contributed by atoms with Gasteiger partial charge in [-0.05, 0) is 30.2 Å². The van der Waals surface area contributed by atoms with Gasteiger partial charge in [-0.2, -0.15) is 0 Å². The van der Waals surface area contributed by atoms with Gasteiger partial charge in [0.15, 0.2) is 5.82 Å². The number of piperazine rings is 1. The van der Waals surface area contributed by atoms with E-state index in [1.807, 2.05) is 30.3 Å². The van der Waals surface area contributed by atoms with Crippen LogP contribution in [0.1, 0.15) is 29.9 Å². The van der Waals surface area contributed by atoms with E-state index in [4.69, 9.17) is 0 Å². The number of nitrogens with one attached hydrogen (secondary N) is 1. The van der Waals surface area contributed by atoms with Crippen molar-refractivity contribution in [3.8, 4) is 0 Å². The summed E-state index contributed by atoms with van der Waals surface area (Å²) in [7, 11) is 0. The van der Waals surface area contributed by atoms with Crippen molar-refractivity contribution < 1.29 is 4.39 Å². The first-order valence-electron chi connectivity index (χ1n) is 9.35. The number of rotatable bonds is 5. The van der Waals surface area contributed by atoms with Crippen LogP contribution in [0.4, 0.5) is 4.39 Å². The predicted molar refractivity (Wildman–Crippen MR) is 103 cm³/mol. The molecule has 1 N–H and O–H groups in total. The maximum atomic E-state index is 13.5. The van der Waals surface area contributed by atoms with Crippen molar-refractivity contribution in [1.82, 2.24) is 25.0 Å². The normalized spacial score (nSPS) is 19.1. The smallest absolute Gasteiger partial charge is 0.155 e. The van der Waals surface area contributed by atoms with Crippen LogP contribution in [0.15, 0.2) is 60.9 Å². The largest absolute Gasteiger partial charge is 0.312 e. The highest BCUT2D eigenvalue weighted by molar-refractivity contribution is 5.27. The average molecular weight is 365 g/mol. The molecule has 0 aliphatic carbocycles. The summed E-state index contributed by atoms with van der Waals surface area (Å²) in [5.41, 5.74) is 2.23. The molecule has 27 heavy (non-hydrogen) atoms. The van der Waals surface area contributed by atoms with Crippen molar-refractivity contribution in [2.45, 2.75) is 25.6 Å². The molecule has 0 radical (unpaired) electrons. The first kappa shape index (κ1) is 17.8. The Bertz CT molecular complexity index is 862. The van der Waals surface area contributed by atoms with E-state index < -0.39 is 0 Å². The number of hydrogen-bond donors (Lipinski definition) is 1. The molecule has 140 valence electrons. The Hall–Kier alpha value is -2.57. The van der Waals surface area contributed by atoms with Gasteiger partial charge in [-0.3, -0.25) is 4.90 Å². The molecule has 0 saturated carbocycles. The van der Waals surface area contributed by atoms with Crippen LogP contribution < -0.4 is 5.32 Å². The number of hydrogen-bond acceptors (Lipinski definition) is 4. The van der Waals surface area contributed by atoms with Crippen LogP contribution in [0, 0.1) is 5.82 Å². The molecule has 2 heterocycles.